The molecule has 2 rings (SSSR count). The van der Waals surface area contributed by atoms with Crippen molar-refractivity contribution in [2.75, 3.05) is 7.11 Å². The highest BCUT2D eigenvalue weighted by molar-refractivity contribution is 5.26. The Morgan fingerprint density at radius 1 is 1.25 bits per heavy atom. The van der Waals surface area contributed by atoms with Gasteiger partial charge in [0.25, 0.3) is 0 Å². The van der Waals surface area contributed by atoms with Crippen molar-refractivity contribution in [2.45, 2.75) is 65.0 Å². The third-order valence-corrected chi connectivity index (χ3v) is 4.43. The summed E-state index contributed by atoms with van der Waals surface area (Å²) in [6.07, 6.45) is 8.37. The van der Waals surface area contributed by atoms with Crippen LogP contribution in [0.3, 0.4) is 0 Å². The summed E-state index contributed by atoms with van der Waals surface area (Å²) in [4.78, 5) is 4.57. The lowest BCUT2D eigenvalue weighted by Gasteiger charge is -2.23. The van der Waals surface area contributed by atoms with Crippen LogP contribution in [-0.4, -0.2) is 18.1 Å². The van der Waals surface area contributed by atoms with Crippen molar-refractivity contribution in [1.29, 1.82) is 0 Å². The molecule has 1 aromatic rings. The van der Waals surface area contributed by atoms with Crippen molar-refractivity contribution in [2.24, 2.45) is 5.92 Å². The molecule has 3 heteroatoms. The SMILES string of the molecule is COc1cc(C)nc(CN[C@@H](C)C2CCCCCC2)c1. The number of nitrogens with zero attached hydrogens (tertiary/aromatic N) is 1. The Morgan fingerprint density at radius 3 is 2.60 bits per heavy atom. The fourth-order valence-corrected chi connectivity index (χ4v) is 3.15. The van der Waals surface area contributed by atoms with Gasteiger partial charge in [-0.3, -0.25) is 4.98 Å². The zero-order valence-corrected chi connectivity index (χ0v) is 13.1. The van der Waals surface area contributed by atoms with Gasteiger partial charge in [-0.2, -0.15) is 0 Å². The largest absolute Gasteiger partial charge is 0.497 e. The van der Waals surface area contributed by atoms with Crippen molar-refractivity contribution < 1.29 is 4.74 Å². The number of methoxy groups -OCH3 is 1. The van der Waals surface area contributed by atoms with Gasteiger partial charge in [-0.1, -0.05) is 25.7 Å². The first kappa shape index (κ1) is 15.3. The first-order chi connectivity index (χ1) is 9.69. The van der Waals surface area contributed by atoms with E-state index in [-0.39, 0.29) is 0 Å². The van der Waals surface area contributed by atoms with Crippen LogP contribution >= 0.6 is 0 Å². The molecule has 0 saturated heterocycles. The van der Waals surface area contributed by atoms with Crippen molar-refractivity contribution in [3.8, 4) is 5.75 Å². The normalized spacial score (nSPS) is 18.6. The van der Waals surface area contributed by atoms with E-state index in [2.05, 4.69) is 17.2 Å². The average molecular weight is 276 g/mol. The number of rotatable bonds is 5. The van der Waals surface area contributed by atoms with Gasteiger partial charge < -0.3 is 10.1 Å². The Bertz CT molecular complexity index is 411. The molecule has 1 fully saturated rings. The van der Waals surface area contributed by atoms with E-state index >= 15 is 0 Å². The number of hydrogen-bond donors (Lipinski definition) is 1. The molecule has 1 atom stereocenters. The van der Waals surface area contributed by atoms with Crippen LogP contribution in [-0.2, 0) is 6.54 Å². The van der Waals surface area contributed by atoms with Crippen molar-refractivity contribution in [1.82, 2.24) is 10.3 Å². The third-order valence-electron chi connectivity index (χ3n) is 4.43. The molecule has 1 N–H and O–H groups in total. The second kappa shape index (κ2) is 7.63. The molecule has 1 aliphatic rings. The Morgan fingerprint density at radius 2 is 1.95 bits per heavy atom. The van der Waals surface area contributed by atoms with Crippen LogP contribution in [0.2, 0.25) is 0 Å². The lowest BCUT2D eigenvalue weighted by Crippen LogP contribution is -2.33. The van der Waals surface area contributed by atoms with Gasteiger partial charge in [0.15, 0.2) is 0 Å². The first-order valence-electron chi connectivity index (χ1n) is 7.94. The van der Waals surface area contributed by atoms with Gasteiger partial charge in [-0.15, -0.1) is 0 Å². The highest BCUT2D eigenvalue weighted by Crippen LogP contribution is 2.25. The van der Waals surface area contributed by atoms with E-state index < -0.39 is 0 Å². The van der Waals surface area contributed by atoms with E-state index in [4.69, 9.17) is 4.74 Å². The van der Waals surface area contributed by atoms with E-state index in [0.29, 0.717) is 6.04 Å². The van der Waals surface area contributed by atoms with Gasteiger partial charge in [-0.25, -0.2) is 0 Å². The van der Waals surface area contributed by atoms with Gasteiger partial charge >= 0.3 is 0 Å². The molecule has 0 unspecified atom stereocenters. The summed E-state index contributed by atoms with van der Waals surface area (Å²) in [6.45, 7) is 5.17. The Hall–Kier alpha value is -1.09. The Balaban J connectivity index is 1.88. The zero-order chi connectivity index (χ0) is 14.4. The molecule has 20 heavy (non-hydrogen) atoms. The number of nitrogens with one attached hydrogen (secondary N) is 1. The van der Waals surface area contributed by atoms with Crippen molar-refractivity contribution >= 4 is 0 Å². The number of pyridine rings is 1. The highest BCUT2D eigenvalue weighted by Gasteiger charge is 2.18. The molecule has 1 saturated carbocycles. The highest BCUT2D eigenvalue weighted by atomic mass is 16.5. The molecule has 0 aliphatic heterocycles. The number of aryl methyl sites for hydroxylation is 1. The molecule has 0 bridgehead atoms. The van der Waals surface area contributed by atoms with Crippen LogP contribution in [0.1, 0.15) is 56.8 Å². The average Bonchev–Trinajstić information content (AvgIpc) is 2.73. The Kier molecular flexibility index (Phi) is 5.84. The quantitative estimate of drug-likeness (QED) is 0.830. The maximum atomic E-state index is 5.31. The maximum absolute atomic E-state index is 5.31. The smallest absolute Gasteiger partial charge is 0.122 e. The number of ether oxygens (including phenoxy) is 1. The van der Waals surface area contributed by atoms with Crippen LogP contribution in [0, 0.1) is 12.8 Å². The van der Waals surface area contributed by atoms with Gasteiger partial charge in [-0.05, 0) is 32.6 Å². The second-order valence-electron chi connectivity index (χ2n) is 6.06. The molecule has 0 radical (unpaired) electrons. The minimum atomic E-state index is 0.571. The minimum Gasteiger partial charge on any atom is -0.497 e. The maximum Gasteiger partial charge on any atom is 0.122 e. The molecule has 0 aromatic carbocycles. The Labute approximate surface area is 123 Å². The molecule has 0 spiro atoms. The lowest BCUT2D eigenvalue weighted by atomic mass is 9.93. The van der Waals surface area contributed by atoms with Crippen molar-refractivity contribution in [3.63, 3.8) is 0 Å². The molecule has 3 nitrogen and oxygen atoms in total. The summed E-state index contributed by atoms with van der Waals surface area (Å²) in [5.41, 5.74) is 2.09. The summed E-state index contributed by atoms with van der Waals surface area (Å²) in [6, 6.07) is 4.57. The van der Waals surface area contributed by atoms with Crippen LogP contribution < -0.4 is 10.1 Å². The van der Waals surface area contributed by atoms with Crippen LogP contribution in [0.25, 0.3) is 0 Å². The van der Waals surface area contributed by atoms with Gasteiger partial charge in [0.2, 0.25) is 0 Å². The summed E-state index contributed by atoms with van der Waals surface area (Å²) in [5.74, 6) is 1.72. The van der Waals surface area contributed by atoms with E-state index in [1.165, 1.54) is 38.5 Å². The van der Waals surface area contributed by atoms with E-state index in [1.807, 2.05) is 19.1 Å². The van der Waals surface area contributed by atoms with Gasteiger partial charge in [0, 0.05) is 30.4 Å². The van der Waals surface area contributed by atoms with Gasteiger partial charge in [0.1, 0.15) is 5.75 Å². The van der Waals surface area contributed by atoms with Crippen LogP contribution in [0.5, 0.6) is 5.75 Å². The van der Waals surface area contributed by atoms with Gasteiger partial charge in [0.05, 0.1) is 12.8 Å². The molecular weight excluding hydrogens is 248 g/mol. The number of aromatic nitrogens is 1. The second-order valence-corrected chi connectivity index (χ2v) is 6.06. The molecule has 112 valence electrons. The fourth-order valence-electron chi connectivity index (χ4n) is 3.15. The molecular formula is C17H28N2O. The zero-order valence-electron chi connectivity index (χ0n) is 13.1. The fraction of sp³-hybridized carbons (Fsp3) is 0.706. The predicted octanol–water partition coefficient (Wildman–Crippen LogP) is 3.85. The van der Waals surface area contributed by atoms with Crippen molar-refractivity contribution in [3.05, 3.63) is 23.5 Å². The predicted molar refractivity (Wildman–Crippen MR) is 83.0 cm³/mol. The molecule has 1 heterocycles. The van der Waals surface area contributed by atoms with E-state index in [1.54, 1.807) is 7.11 Å². The summed E-state index contributed by atoms with van der Waals surface area (Å²) in [5, 5.41) is 3.66. The summed E-state index contributed by atoms with van der Waals surface area (Å²) >= 11 is 0. The molecule has 1 aliphatic carbocycles. The molecule has 0 amide bonds. The monoisotopic (exact) mass is 276 g/mol. The topological polar surface area (TPSA) is 34.1 Å². The summed E-state index contributed by atoms with van der Waals surface area (Å²) < 4.78 is 5.31. The van der Waals surface area contributed by atoms with E-state index in [0.717, 1.165) is 29.6 Å². The lowest BCUT2D eigenvalue weighted by molar-refractivity contribution is 0.335. The van der Waals surface area contributed by atoms with Crippen LogP contribution in [0.4, 0.5) is 0 Å². The van der Waals surface area contributed by atoms with Crippen LogP contribution in [0.15, 0.2) is 12.1 Å². The molecule has 1 aromatic heterocycles. The third kappa shape index (κ3) is 4.48. The summed E-state index contributed by atoms with van der Waals surface area (Å²) in [7, 11) is 1.71. The number of hydrogen-bond acceptors (Lipinski definition) is 3. The first-order valence-corrected chi connectivity index (χ1v) is 7.94. The minimum absolute atomic E-state index is 0.571. The van der Waals surface area contributed by atoms with E-state index in [9.17, 15) is 0 Å². The standard InChI is InChI=1S/C17H28N2O/c1-13-10-17(20-3)11-16(19-13)12-18-14(2)15-8-6-4-5-7-9-15/h10-11,14-15,18H,4-9,12H2,1-3H3/t14-/m0/s1.